The van der Waals surface area contributed by atoms with E-state index in [-0.39, 0.29) is 10.8 Å². The zero-order valence-electron chi connectivity index (χ0n) is 14.7. The number of allylic oxidation sites excluding steroid dienone is 2. The quantitative estimate of drug-likeness (QED) is 0.545. The molecular weight excluding hydrogens is 331 g/mol. The highest BCUT2D eigenvalue weighted by molar-refractivity contribution is 6.30. The van der Waals surface area contributed by atoms with Crippen molar-refractivity contribution in [1.82, 2.24) is 0 Å². The fourth-order valence-corrected chi connectivity index (χ4v) is 4.80. The van der Waals surface area contributed by atoms with E-state index in [1.807, 2.05) is 6.07 Å². The molecule has 0 saturated heterocycles. The van der Waals surface area contributed by atoms with Gasteiger partial charge in [-0.2, -0.15) is 0 Å². The van der Waals surface area contributed by atoms with Crippen molar-refractivity contribution in [2.75, 3.05) is 0 Å². The monoisotopic (exact) mass is 354 g/mol. The second kappa shape index (κ2) is 6.96. The van der Waals surface area contributed by atoms with Crippen LogP contribution < -0.4 is 0 Å². The van der Waals surface area contributed by atoms with Crippen molar-refractivity contribution in [3.05, 3.63) is 81.1 Å². The number of benzene rings is 2. The van der Waals surface area contributed by atoms with Crippen molar-refractivity contribution in [2.24, 2.45) is 5.92 Å². The van der Waals surface area contributed by atoms with Gasteiger partial charge in [-0.1, -0.05) is 42.0 Å². The van der Waals surface area contributed by atoms with E-state index in [0.29, 0.717) is 11.8 Å². The van der Waals surface area contributed by atoms with Gasteiger partial charge in [-0.15, -0.1) is 0 Å². The van der Waals surface area contributed by atoms with E-state index in [9.17, 15) is 4.39 Å². The van der Waals surface area contributed by atoms with Gasteiger partial charge in [0.1, 0.15) is 5.82 Å². The summed E-state index contributed by atoms with van der Waals surface area (Å²) in [6.07, 6.45) is 11.4. The maximum atomic E-state index is 13.8. The van der Waals surface area contributed by atoms with Crippen molar-refractivity contribution < 1.29 is 4.39 Å². The molecule has 0 nitrogen and oxygen atoms in total. The van der Waals surface area contributed by atoms with Crippen molar-refractivity contribution in [3.63, 3.8) is 0 Å². The Morgan fingerprint density at radius 1 is 1.00 bits per heavy atom. The summed E-state index contributed by atoms with van der Waals surface area (Å²) in [4.78, 5) is 0. The molecule has 25 heavy (non-hydrogen) atoms. The lowest BCUT2D eigenvalue weighted by molar-refractivity contribution is 0.532. The third-order valence-corrected chi connectivity index (χ3v) is 6.27. The molecule has 2 heteroatoms. The molecule has 130 valence electrons. The average molecular weight is 355 g/mol. The Kier molecular flexibility index (Phi) is 4.69. The number of fused-ring (bicyclic) bond motifs is 3. The van der Waals surface area contributed by atoms with Crippen LogP contribution in [-0.4, -0.2) is 0 Å². The van der Waals surface area contributed by atoms with Crippen LogP contribution in [0.25, 0.3) is 0 Å². The Labute approximate surface area is 154 Å². The molecule has 0 spiro atoms. The lowest BCUT2D eigenvalue weighted by Crippen LogP contribution is -2.20. The summed E-state index contributed by atoms with van der Waals surface area (Å²) < 4.78 is 13.8. The van der Waals surface area contributed by atoms with E-state index in [0.717, 1.165) is 24.8 Å². The first-order valence-electron chi connectivity index (χ1n) is 9.36. The summed E-state index contributed by atoms with van der Waals surface area (Å²) in [7, 11) is 0. The second-order valence-electron chi connectivity index (χ2n) is 7.48. The van der Waals surface area contributed by atoms with E-state index in [1.165, 1.54) is 24.8 Å². The van der Waals surface area contributed by atoms with Crippen LogP contribution in [0.3, 0.4) is 0 Å². The third kappa shape index (κ3) is 3.27. The molecule has 2 aromatic rings. The Morgan fingerprint density at radius 2 is 1.72 bits per heavy atom. The van der Waals surface area contributed by atoms with Gasteiger partial charge in [0.25, 0.3) is 0 Å². The Bertz CT molecular complexity index is 821. The Hall–Kier alpha value is -1.60. The van der Waals surface area contributed by atoms with Gasteiger partial charge in [-0.3, -0.25) is 0 Å². The molecule has 2 atom stereocenters. The standard InChI is InChI=1S/C23H24ClF/c1-2-3-15-4-9-20-18(12-15)5-6-19-13-16(7-10-21(19)20)17-8-11-22(24)23(25)14-17/h2-3,5-6,8,11,14-16H,4,7,9-10,12-13H2,1H3/b3-2+. The SMILES string of the molecule is C/C=C/C1CCc2c(ccc3c2CCC(c2ccc(Cl)c(F)c2)C3)C1. The predicted octanol–water partition coefficient (Wildman–Crippen LogP) is 6.43. The fraction of sp³-hybridized carbons (Fsp3) is 0.391. The summed E-state index contributed by atoms with van der Waals surface area (Å²) in [6, 6.07) is 9.97. The molecule has 2 aliphatic carbocycles. The number of rotatable bonds is 2. The van der Waals surface area contributed by atoms with E-state index in [4.69, 9.17) is 11.6 Å². The van der Waals surface area contributed by atoms with Crippen LogP contribution in [-0.2, 0) is 25.7 Å². The third-order valence-electron chi connectivity index (χ3n) is 5.96. The van der Waals surface area contributed by atoms with E-state index < -0.39 is 0 Å². The molecule has 0 amide bonds. The van der Waals surface area contributed by atoms with Crippen LogP contribution in [0.1, 0.15) is 53.5 Å². The minimum atomic E-state index is -0.301. The lowest BCUT2D eigenvalue weighted by Gasteiger charge is -2.31. The molecule has 4 rings (SSSR count). The fourth-order valence-electron chi connectivity index (χ4n) is 4.68. The summed E-state index contributed by atoms with van der Waals surface area (Å²) in [5.41, 5.74) is 7.29. The first kappa shape index (κ1) is 16.8. The van der Waals surface area contributed by atoms with E-state index in [1.54, 1.807) is 28.8 Å². The second-order valence-corrected chi connectivity index (χ2v) is 7.89. The molecule has 0 fully saturated rings. The van der Waals surface area contributed by atoms with Crippen LogP contribution in [0.4, 0.5) is 4.39 Å². The highest BCUT2D eigenvalue weighted by Gasteiger charge is 2.26. The molecule has 0 N–H and O–H groups in total. The van der Waals surface area contributed by atoms with Gasteiger partial charge in [0.15, 0.2) is 0 Å². The van der Waals surface area contributed by atoms with E-state index in [2.05, 4.69) is 31.2 Å². The molecule has 2 unspecified atom stereocenters. The number of halogens is 2. The summed E-state index contributed by atoms with van der Waals surface area (Å²) >= 11 is 5.83. The predicted molar refractivity (Wildman–Crippen MR) is 103 cm³/mol. The molecule has 2 aliphatic rings. The number of hydrogen-bond donors (Lipinski definition) is 0. The average Bonchev–Trinajstić information content (AvgIpc) is 2.63. The van der Waals surface area contributed by atoms with Crippen molar-refractivity contribution >= 4 is 11.6 Å². The molecule has 0 radical (unpaired) electrons. The van der Waals surface area contributed by atoms with E-state index >= 15 is 0 Å². The van der Waals surface area contributed by atoms with Crippen LogP contribution in [0.15, 0.2) is 42.5 Å². The molecule has 0 bridgehead atoms. The first-order chi connectivity index (χ1) is 12.2. The normalized spacial score (nSPS) is 22.7. The molecule has 0 heterocycles. The van der Waals surface area contributed by atoms with Crippen LogP contribution in [0.5, 0.6) is 0 Å². The van der Waals surface area contributed by atoms with Gasteiger partial charge < -0.3 is 0 Å². The van der Waals surface area contributed by atoms with Crippen molar-refractivity contribution in [3.8, 4) is 0 Å². The van der Waals surface area contributed by atoms with Gasteiger partial charge in [0.2, 0.25) is 0 Å². The maximum absolute atomic E-state index is 13.8. The number of hydrogen-bond acceptors (Lipinski definition) is 0. The maximum Gasteiger partial charge on any atom is 0.142 e. The van der Waals surface area contributed by atoms with Gasteiger partial charge in [0, 0.05) is 0 Å². The zero-order valence-corrected chi connectivity index (χ0v) is 15.5. The first-order valence-corrected chi connectivity index (χ1v) is 9.73. The minimum absolute atomic E-state index is 0.213. The van der Waals surface area contributed by atoms with Crippen LogP contribution >= 0.6 is 11.6 Å². The summed E-state index contributed by atoms with van der Waals surface area (Å²) in [6.45, 7) is 2.11. The van der Waals surface area contributed by atoms with Gasteiger partial charge in [0.05, 0.1) is 5.02 Å². The van der Waals surface area contributed by atoms with Gasteiger partial charge in [-0.05, 0) is 97.2 Å². The molecule has 0 aromatic heterocycles. The summed E-state index contributed by atoms with van der Waals surface area (Å²) in [5.74, 6) is 0.797. The minimum Gasteiger partial charge on any atom is -0.205 e. The molecule has 0 aliphatic heterocycles. The topological polar surface area (TPSA) is 0 Å². The lowest BCUT2D eigenvalue weighted by atomic mass is 9.74. The highest BCUT2D eigenvalue weighted by atomic mass is 35.5. The molecule has 2 aromatic carbocycles. The highest BCUT2D eigenvalue weighted by Crippen LogP contribution is 2.38. The molecular formula is C23H24ClF. The zero-order chi connectivity index (χ0) is 17.4. The Balaban J connectivity index is 1.59. The smallest absolute Gasteiger partial charge is 0.142 e. The summed E-state index contributed by atoms with van der Waals surface area (Å²) in [5, 5.41) is 0.213. The van der Waals surface area contributed by atoms with Crippen molar-refractivity contribution in [1.29, 1.82) is 0 Å². The van der Waals surface area contributed by atoms with Gasteiger partial charge >= 0.3 is 0 Å². The van der Waals surface area contributed by atoms with Crippen LogP contribution in [0.2, 0.25) is 5.02 Å². The molecule has 0 saturated carbocycles. The Morgan fingerprint density at radius 3 is 2.44 bits per heavy atom. The van der Waals surface area contributed by atoms with Crippen LogP contribution in [0, 0.1) is 11.7 Å². The van der Waals surface area contributed by atoms with Crippen molar-refractivity contribution in [2.45, 2.75) is 51.4 Å². The largest absolute Gasteiger partial charge is 0.205 e. The van der Waals surface area contributed by atoms with Gasteiger partial charge in [-0.25, -0.2) is 4.39 Å².